The van der Waals surface area contributed by atoms with Gasteiger partial charge in [-0.3, -0.25) is 10.1 Å². The standard InChI is InChI=1S/C12H9ClN6O4/c13-3-4-17-10(19(22)23)6-14-12(17)11-15-8-2-1-7(18(20)21)5-9(8)16-11/h1-2,5-6H,3-4H2,(H,15,16). The molecule has 0 unspecified atom stereocenters. The highest BCUT2D eigenvalue weighted by atomic mass is 35.5. The van der Waals surface area contributed by atoms with Crippen LogP contribution in [-0.4, -0.2) is 35.2 Å². The van der Waals surface area contributed by atoms with Crippen LogP contribution in [0.2, 0.25) is 0 Å². The predicted molar refractivity (Wildman–Crippen MR) is 81.3 cm³/mol. The molecule has 118 valence electrons. The molecule has 0 saturated carbocycles. The largest absolute Gasteiger partial charge is 0.358 e. The molecular weight excluding hydrogens is 328 g/mol. The number of imidazole rings is 2. The van der Waals surface area contributed by atoms with Gasteiger partial charge in [-0.2, -0.15) is 0 Å². The zero-order chi connectivity index (χ0) is 16.6. The number of hydrogen-bond donors (Lipinski definition) is 1. The Morgan fingerprint density at radius 3 is 2.70 bits per heavy atom. The average Bonchev–Trinajstić information content (AvgIpc) is 3.09. The fraction of sp³-hybridized carbons (Fsp3) is 0.167. The molecule has 0 amide bonds. The highest BCUT2D eigenvalue weighted by molar-refractivity contribution is 6.17. The summed E-state index contributed by atoms with van der Waals surface area (Å²) in [6.45, 7) is 0.185. The molecule has 1 N–H and O–H groups in total. The Balaban J connectivity index is 2.13. The van der Waals surface area contributed by atoms with Crippen LogP contribution in [0, 0.1) is 20.2 Å². The molecule has 0 fully saturated rings. The van der Waals surface area contributed by atoms with Gasteiger partial charge in [-0.15, -0.1) is 11.6 Å². The molecule has 3 aromatic rings. The van der Waals surface area contributed by atoms with Gasteiger partial charge in [0.25, 0.3) is 11.5 Å². The molecule has 0 aliphatic heterocycles. The number of rotatable bonds is 5. The van der Waals surface area contributed by atoms with Crippen molar-refractivity contribution in [2.24, 2.45) is 0 Å². The number of aromatic nitrogens is 4. The summed E-state index contributed by atoms with van der Waals surface area (Å²) < 4.78 is 1.33. The Morgan fingerprint density at radius 2 is 2.04 bits per heavy atom. The van der Waals surface area contributed by atoms with Crippen LogP contribution in [0.15, 0.2) is 24.4 Å². The average molecular weight is 337 g/mol. The Morgan fingerprint density at radius 1 is 1.26 bits per heavy atom. The van der Waals surface area contributed by atoms with Gasteiger partial charge in [-0.1, -0.05) is 0 Å². The van der Waals surface area contributed by atoms with Crippen molar-refractivity contribution < 1.29 is 9.85 Å². The molecule has 1 aromatic carbocycles. The third-order valence-corrected chi connectivity index (χ3v) is 3.39. The number of nitro benzene ring substituents is 1. The Labute approximate surface area is 133 Å². The molecule has 0 aliphatic carbocycles. The maximum atomic E-state index is 11.0. The summed E-state index contributed by atoms with van der Waals surface area (Å²) in [5, 5.41) is 21.8. The third kappa shape index (κ3) is 2.59. The normalized spacial score (nSPS) is 11.0. The summed E-state index contributed by atoms with van der Waals surface area (Å²) in [7, 11) is 0. The molecule has 2 heterocycles. The van der Waals surface area contributed by atoms with Crippen LogP contribution >= 0.6 is 11.6 Å². The lowest BCUT2D eigenvalue weighted by molar-refractivity contribution is -0.392. The van der Waals surface area contributed by atoms with Crippen molar-refractivity contribution in [3.63, 3.8) is 0 Å². The fourth-order valence-electron chi connectivity index (χ4n) is 2.22. The second-order valence-electron chi connectivity index (χ2n) is 4.58. The van der Waals surface area contributed by atoms with E-state index in [1.807, 2.05) is 0 Å². The first-order valence-electron chi connectivity index (χ1n) is 6.41. The van der Waals surface area contributed by atoms with E-state index in [1.165, 1.54) is 22.8 Å². The Hall–Kier alpha value is -3.01. The van der Waals surface area contributed by atoms with E-state index in [0.717, 1.165) is 6.20 Å². The van der Waals surface area contributed by atoms with Gasteiger partial charge >= 0.3 is 5.82 Å². The third-order valence-electron chi connectivity index (χ3n) is 3.22. The first kappa shape index (κ1) is 14.9. The predicted octanol–water partition coefficient (Wildman–Crippen LogP) is 2.48. The number of alkyl halides is 1. The molecule has 2 aromatic heterocycles. The van der Waals surface area contributed by atoms with Gasteiger partial charge in [-0.25, -0.2) is 14.5 Å². The van der Waals surface area contributed by atoms with Gasteiger partial charge in [0, 0.05) is 12.1 Å². The molecule has 0 radical (unpaired) electrons. The number of halogens is 1. The summed E-state index contributed by atoms with van der Waals surface area (Å²) in [5.41, 5.74) is 0.855. The molecule has 0 aliphatic rings. The topological polar surface area (TPSA) is 133 Å². The summed E-state index contributed by atoms with van der Waals surface area (Å²) in [6, 6.07) is 4.17. The number of H-pyrrole nitrogens is 1. The van der Waals surface area contributed by atoms with E-state index < -0.39 is 9.85 Å². The minimum atomic E-state index is -0.559. The van der Waals surface area contributed by atoms with Crippen LogP contribution in [0.1, 0.15) is 0 Å². The lowest BCUT2D eigenvalue weighted by atomic mass is 10.3. The van der Waals surface area contributed by atoms with Crippen LogP contribution in [0.3, 0.4) is 0 Å². The summed E-state index contributed by atoms with van der Waals surface area (Å²) >= 11 is 5.69. The molecule has 0 spiro atoms. The number of nitrogens with one attached hydrogen (secondary N) is 1. The number of nitrogens with zero attached hydrogens (tertiary/aromatic N) is 5. The maximum Gasteiger partial charge on any atom is 0.343 e. The molecule has 0 bridgehead atoms. The van der Waals surface area contributed by atoms with Crippen molar-refractivity contribution in [2.45, 2.75) is 6.54 Å². The second kappa shape index (κ2) is 5.65. The number of fused-ring (bicyclic) bond motifs is 1. The van der Waals surface area contributed by atoms with E-state index >= 15 is 0 Å². The lowest BCUT2D eigenvalue weighted by Gasteiger charge is -2.00. The van der Waals surface area contributed by atoms with Crippen molar-refractivity contribution >= 4 is 34.1 Å². The summed E-state index contributed by atoms with van der Waals surface area (Å²) in [6.07, 6.45) is 1.12. The number of benzene rings is 1. The Bertz CT molecular complexity index is 918. The molecular formula is C12H9ClN6O4. The van der Waals surface area contributed by atoms with Crippen molar-refractivity contribution in [1.82, 2.24) is 19.5 Å². The quantitative estimate of drug-likeness (QED) is 0.432. The lowest BCUT2D eigenvalue weighted by Crippen LogP contribution is -2.06. The van der Waals surface area contributed by atoms with Crippen LogP contribution in [-0.2, 0) is 6.54 Å². The summed E-state index contributed by atoms with van der Waals surface area (Å²) in [5.74, 6) is 0.484. The molecule has 3 rings (SSSR count). The number of non-ortho nitro benzene ring substituents is 1. The zero-order valence-electron chi connectivity index (χ0n) is 11.5. The minimum absolute atomic E-state index is 0.0808. The maximum absolute atomic E-state index is 11.0. The van der Waals surface area contributed by atoms with Gasteiger partial charge in [0.15, 0.2) is 5.82 Å². The van der Waals surface area contributed by atoms with E-state index in [9.17, 15) is 20.2 Å². The molecule has 0 atom stereocenters. The van der Waals surface area contributed by atoms with Gasteiger partial charge < -0.3 is 15.1 Å². The SMILES string of the molecule is O=[N+]([O-])c1ccc2nc(-c3ncc([N+](=O)[O-])n3CCCl)[nH]c2c1. The molecule has 0 saturated heterocycles. The van der Waals surface area contributed by atoms with Gasteiger partial charge in [0.2, 0.25) is 0 Å². The number of nitro groups is 2. The van der Waals surface area contributed by atoms with E-state index in [0.29, 0.717) is 11.0 Å². The summed E-state index contributed by atoms with van der Waals surface area (Å²) in [4.78, 5) is 31.9. The van der Waals surface area contributed by atoms with Crippen molar-refractivity contribution in [3.05, 3.63) is 44.6 Å². The zero-order valence-corrected chi connectivity index (χ0v) is 12.2. The molecule has 10 nitrogen and oxygen atoms in total. The van der Waals surface area contributed by atoms with Gasteiger partial charge in [0.1, 0.15) is 12.7 Å². The molecule has 11 heteroatoms. The first-order chi connectivity index (χ1) is 11.0. The highest BCUT2D eigenvalue weighted by Gasteiger charge is 2.23. The second-order valence-corrected chi connectivity index (χ2v) is 4.96. The van der Waals surface area contributed by atoms with E-state index in [1.54, 1.807) is 0 Å². The van der Waals surface area contributed by atoms with Crippen LogP contribution in [0.5, 0.6) is 0 Å². The van der Waals surface area contributed by atoms with Crippen molar-refractivity contribution in [3.8, 4) is 11.6 Å². The fourth-order valence-corrected chi connectivity index (χ4v) is 2.39. The smallest absolute Gasteiger partial charge is 0.343 e. The van der Waals surface area contributed by atoms with Crippen molar-refractivity contribution in [1.29, 1.82) is 0 Å². The molecule has 23 heavy (non-hydrogen) atoms. The van der Waals surface area contributed by atoms with Crippen LogP contribution in [0.25, 0.3) is 22.7 Å². The van der Waals surface area contributed by atoms with Gasteiger partial charge in [0.05, 0.1) is 21.8 Å². The minimum Gasteiger partial charge on any atom is -0.358 e. The van der Waals surface area contributed by atoms with Crippen LogP contribution < -0.4 is 0 Å². The monoisotopic (exact) mass is 336 g/mol. The number of aromatic amines is 1. The van der Waals surface area contributed by atoms with Crippen molar-refractivity contribution in [2.75, 3.05) is 5.88 Å². The Kier molecular flexibility index (Phi) is 3.66. The first-order valence-corrected chi connectivity index (χ1v) is 6.95. The van der Waals surface area contributed by atoms with E-state index in [4.69, 9.17) is 11.6 Å². The van der Waals surface area contributed by atoms with Gasteiger partial charge in [-0.05, 0) is 11.0 Å². The van der Waals surface area contributed by atoms with E-state index in [2.05, 4.69) is 15.0 Å². The number of hydrogen-bond acceptors (Lipinski definition) is 6. The van der Waals surface area contributed by atoms with E-state index in [-0.39, 0.29) is 35.6 Å². The van der Waals surface area contributed by atoms with Crippen LogP contribution in [0.4, 0.5) is 11.5 Å². The highest BCUT2D eigenvalue weighted by Crippen LogP contribution is 2.26.